The third-order valence-corrected chi connectivity index (χ3v) is 11.7. The smallest absolute Gasteiger partial charge is 0.148 e. The van der Waals surface area contributed by atoms with Crippen LogP contribution in [0.25, 0.3) is 83.9 Å². The van der Waals surface area contributed by atoms with Gasteiger partial charge in [0.2, 0.25) is 0 Å². The molecule has 5 heteroatoms. The van der Waals surface area contributed by atoms with Crippen molar-refractivity contribution in [1.29, 1.82) is 0 Å². The van der Waals surface area contributed by atoms with Gasteiger partial charge in [-0.2, -0.15) is 0 Å². The maximum Gasteiger partial charge on any atom is 0.148 e. The number of phenols is 1. The molecule has 0 unspecified atom stereocenters. The molecule has 7 aromatic carbocycles. The van der Waals surface area contributed by atoms with Crippen LogP contribution in [-0.2, 0) is 31.9 Å². The first-order chi connectivity index (χ1) is 30.9. The number of nitrogens with zero attached hydrogens (tertiary/aromatic N) is 3. The molecule has 0 atom stereocenters. The van der Waals surface area contributed by atoms with Crippen LogP contribution in [0.2, 0.25) is 0 Å². The molecule has 1 N–H and O–H groups in total. The first-order valence-electron chi connectivity index (χ1n) is 22.7. The number of aryl methyl sites for hydroxylation is 2. The third kappa shape index (κ3) is 8.58. The molecule has 0 radical (unpaired) electrons. The number of rotatable bonds is 7. The van der Waals surface area contributed by atoms with Crippen LogP contribution in [0, 0.1) is 19.8 Å². The average molecular weight is 1010 g/mol. The summed E-state index contributed by atoms with van der Waals surface area (Å²) in [5, 5.41) is 12.2. The van der Waals surface area contributed by atoms with E-state index in [4.69, 9.17) is 14.1 Å². The molecule has 4 nitrogen and oxygen atoms in total. The van der Waals surface area contributed by atoms with Crippen molar-refractivity contribution in [3.63, 3.8) is 0 Å². The predicted molar refractivity (Wildman–Crippen MR) is 259 cm³/mol. The van der Waals surface area contributed by atoms with Gasteiger partial charge in [-0.25, -0.2) is 4.98 Å². The van der Waals surface area contributed by atoms with Crippen LogP contribution in [0.4, 0.5) is 0 Å². The van der Waals surface area contributed by atoms with Crippen LogP contribution >= 0.6 is 0 Å². The zero-order chi connectivity index (χ0) is 45.8. The number of benzene rings is 7. The van der Waals surface area contributed by atoms with Crippen molar-refractivity contribution in [3.8, 4) is 78.6 Å². The summed E-state index contributed by atoms with van der Waals surface area (Å²) in [7, 11) is 0. The Morgan fingerprint density at radius 3 is 1.87 bits per heavy atom. The summed E-state index contributed by atoms with van der Waals surface area (Å²) in [5.41, 5.74) is 14.9. The van der Waals surface area contributed by atoms with E-state index in [0.717, 1.165) is 78.1 Å². The Morgan fingerprint density at radius 1 is 0.571 bits per heavy atom. The van der Waals surface area contributed by atoms with Crippen molar-refractivity contribution in [1.82, 2.24) is 14.5 Å². The van der Waals surface area contributed by atoms with Gasteiger partial charge in [0.15, 0.2) is 0 Å². The summed E-state index contributed by atoms with van der Waals surface area (Å²) in [6, 6.07) is 56.7. The third-order valence-electron chi connectivity index (χ3n) is 11.7. The van der Waals surface area contributed by atoms with Gasteiger partial charge in [-0.15, -0.1) is 29.3 Å². The van der Waals surface area contributed by atoms with Gasteiger partial charge in [0.1, 0.15) is 11.6 Å². The maximum absolute atomic E-state index is 12.2. The first-order valence-corrected chi connectivity index (χ1v) is 21.2. The standard InChI is InChI=1S/C58H52N3O.Pt/c1-37-22-27-52(48(30-37)42-18-13-10-14-19-42)61-53-21-15-20-47(54(53)60-56(61)49-31-38(2)32-50(55(49)62)58(6,7)8)44-33-45(35-46(34-44)57(3,4)5)51-36-43(28-29-59-51)41-25-23-40(24-26-41)39-16-11-9-12-17-39;/h9-32,34-36,62H,1-8H3;/q-1;/i1D3;. The minimum absolute atomic E-state index is 0. The van der Waals surface area contributed by atoms with Crippen LogP contribution in [0.15, 0.2) is 164 Å². The molecule has 0 amide bonds. The van der Waals surface area contributed by atoms with E-state index < -0.39 is 6.85 Å². The second-order valence-electron chi connectivity index (χ2n) is 18.3. The molecule has 0 aliphatic rings. The molecule has 63 heavy (non-hydrogen) atoms. The molecule has 0 saturated heterocycles. The fourth-order valence-electron chi connectivity index (χ4n) is 8.37. The topological polar surface area (TPSA) is 50.9 Å². The van der Waals surface area contributed by atoms with Crippen molar-refractivity contribution in [2.75, 3.05) is 0 Å². The largest absolute Gasteiger partial charge is 0.507 e. The number of fused-ring (bicyclic) bond motifs is 1. The van der Waals surface area contributed by atoms with Crippen LogP contribution in [0.5, 0.6) is 5.75 Å². The Labute approximate surface area is 390 Å². The van der Waals surface area contributed by atoms with Crippen molar-refractivity contribution in [3.05, 3.63) is 192 Å². The molecule has 9 rings (SSSR count). The molecule has 9 aromatic rings. The van der Waals surface area contributed by atoms with E-state index in [9.17, 15) is 5.11 Å². The molecule has 0 spiro atoms. The molecule has 0 aliphatic carbocycles. The Balaban J connectivity index is 0.00000592. The molecule has 0 bridgehead atoms. The molecular formula is C58H52N3OPt-. The van der Waals surface area contributed by atoms with Gasteiger partial charge < -0.3 is 5.11 Å². The van der Waals surface area contributed by atoms with E-state index in [1.807, 2.05) is 85.9 Å². The Bertz CT molecular complexity index is 3220. The Hall–Kier alpha value is -6.35. The van der Waals surface area contributed by atoms with E-state index >= 15 is 0 Å². The summed E-state index contributed by atoms with van der Waals surface area (Å²) in [6.07, 6.45) is 1.86. The summed E-state index contributed by atoms with van der Waals surface area (Å²) in [5.74, 6) is 0.698. The van der Waals surface area contributed by atoms with E-state index in [0.29, 0.717) is 16.9 Å². The van der Waals surface area contributed by atoms with Crippen molar-refractivity contribution < 1.29 is 30.3 Å². The molecule has 0 fully saturated rings. The quantitative estimate of drug-likeness (QED) is 0.162. The SMILES string of the molecule is [2H]C([2H])([2H])c1ccc(-n2c(-c3cc(C)cc(C(C)(C)C)c3O)nc3c(-c4[c-]c(-c5cc(-c6ccc(-c7ccccc7)cc6)ccn5)cc(C(C)(C)C)c4)cccc32)c(-c2ccccc2)c1.[Pt]. The molecule has 0 aliphatic heterocycles. The second-order valence-corrected chi connectivity index (χ2v) is 18.3. The number of imidazole rings is 1. The summed E-state index contributed by atoms with van der Waals surface area (Å²) >= 11 is 0. The Kier molecular flexibility index (Phi) is 10.7. The van der Waals surface area contributed by atoms with Crippen LogP contribution in [-0.4, -0.2) is 19.6 Å². The fraction of sp³-hybridized carbons (Fsp3) is 0.172. The predicted octanol–water partition coefficient (Wildman–Crippen LogP) is 15.1. The zero-order valence-electron chi connectivity index (χ0n) is 39.7. The summed E-state index contributed by atoms with van der Waals surface area (Å²) in [4.78, 5) is 10.4. The number of aromatic nitrogens is 3. The van der Waals surface area contributed by atoms with Gasteiger partial charge in [-0.05, 0) is 88.3 Å². The van der Waals surface area contributed by atoms with Crippen LogP contribution in [0.3, 0.4) is 0 Å². The number of aromatic hydroxyl groups is 1. The minimum atomic E-state index is -2.32. The van der Waals surface area contributed by atoms with Gasteiger partial charge in [-0.3, -0.25) is 9.55 Å². The monoisotopic (exact) mass is 1000 g/mol. The minimum Gasteiger partial charge on any atom is -0.507 e. The number of hydrogen-bond acceptors (Lipinski definition) is 3. The van der Waals surface area contributed by atoms with Gasteiger partial charge in [-0.1, -0.05) is 173 Å². The molecular weight excluding hydrogens is 950 g/mol. The number of pyridine rings is 1. The number of phenolic OH excluding ortho intramolecular Hbond substituents is 1. The average Bonchev–Trinajstić information content (AvgIpc) is 3.68. The molecule has 2 heterocycles. The number of hydrogen-bond donors (Lipinski definition) is 1. The van der Waals surface area contributed by atoms with Gasteiger partial charge in [0.25, 0.3) is 0 Å². The van der Waals surface area contributed by atoms with Crippen LogP contribution < -0.4 is 0 Å². The number of para-hydroxylation sites is 1. The van der Waals surface area contributed by atoms with E-state index in [-0.39, 0.29) is 43.2 Å². The molecule has 316 valence electrons. The van der Waals surface area contributed by atoms with E-state index in [1.165, 1.54) is 5.56 Å². The fourth-order valence-corrected chi connectivity index (χ4v) is 8.37. The zero-order valence-corrected chi connectivity index (χ0v) is 39.0. The normalized spacial score (nSPS) is 12.7. The molecule has 2 aromatic heterocycles. The van der Waals surface area contributed by atoms with Gasteiger partial charge in [0, 0.05) is 48.2 Å². The first kappa shape index (κ1) is 39.5. The second kappa shape index (κ2) is 17.1. The van der Waals surface area contributed by atoms with Gasteiger partial charge >= 0.3 is 0 Å². The summed E-state index contributed by atoms with van der Waals surface area (Å²) in [6.45, 7) is 12.6. The van der Waals surface area contributed by atoms with E-state index in [1.54, 1.807) is 12.1 Å². The van der Waals surface area contributed by atoms with Crippen molar-refractivity contribution in [2.24, 2.45) is 0 Å². The van der Waals surface area contributed by atoms with Crippen molar-refractivity contribution in [2.45, 2.75) is 66.1 Å². The maximum atomic E-state index is 12.2. The molecule has 0 saturated carbocycles. The van der Waals surface area contributed by atoms with Gasteiger partial charge in [0.05, 0.1) is 22.3 Å². The van der Waals surface area contributed by atoms with Crippen LogP contribution in [0.1, 0.15) is 67.9 Å². The van der Waals surface area contributed by atoms with Crippen molar-refractivity contribution >= 4 is 11.0 Å². The Morgan fingerprint density at radius 2 is 1.21 bits per heavy atom. The summed E-state index contributed by atoms with van der Waals surface area (Å²) < 4.78 is 27.1. The van der Waals surface area contributed by atoms with E-state index in [2.05, 4.69) is 125 Å².